The first-order valence-electron chi connectivity index (χ1n) is 7.11. The Morgan fingerprint density at radius 1 is 1.38 bits per heavy atom. The summed E-state index contributed by atoms with van der Waals surface area (Å²) in [6, 6.07) is 5.06. The van der Waals surface area contributed by atoms with Crippen molar-refractivity contribution in [3.63, 3.8) is 0 Å². The minimum atomic E-state index is -0.492. The Bertz CT molecular complexity index is 496. The third-order valence-electron chi connectivity index (χ3n) is 3.59. The van der Waals surface area contributed by atoms with Gasteiger partial charge in [-0.2, -0.15) is 0 Å². The van der Waals surface area contributed by atoms with Gasteiger partial charge in [0.15, 0.2) is 0 Å². The van der Waals surface area contributed by atoms with Gasteiger partial charge in [-0.3, -0.25) is 4.79 Å². The smallest absolute Gasteiger partial charge is 0.225 e. The van der Waals surface area contributed by atoms with Gasteiger partial charge in [-0.25, -0.2) is 0 Å². The SMILES string of the molecule is O=C(NCCCOc1ccc(Cl)cc1Cl)C1CCCC1O. The predicted molar refractivity (Wildman–Crippen MR) is 82.9 cm³/mol. The molecule has 0 heterocycles. The first kappa shape index (κ1) is 16.4. The molecular formula is C15H19Cl2NO3. The largest absolute Gasteiger partial charge is 0.492 e. The molecule has 2 unspecified atom stereocenters. The van der Waals surface area contributed by atoms with Gasteiger partial charge < -0.3 is 15.2 Å². The lowest BCUT2D eigenvalue weighted by molar-refractivity contribution is -0.127. The lowest BCUT2D eigenvalue weighted by Gasteiger charge is -2.14. The van der Waals surface area contributed by atoms with Crippen LogP contribution in [0.1, 0.15) is 25.7 Å². The number of carbonyl (C=O) groups excluding carboxylic acids is 1. The highest BCUT2D eigenvalue weighted by Crippen LogP contribution is 2.27. The molecule has 1 aromatic carbocycles. The van der Waals surface area contributed by atoms with Crippen molar-refractivity contribution in [1.29, 1.82) is 0 Å². The zero-order valence-electron chi connectivity index (χ0n) is 11.6. The summed E-state index contributed by atoms with van der Waals surface area (Å²) in [6.45, 7) is 0.974. The maximum Gasteiger partial charge on any atom is 0.225 e. The van der Waals surface area contributed by atoms with Gasteiger partial charge in [0.05, 0.1) is 23.7 Å². The molecule has 0 aliphatic heterocycles. The second-order valence-corrected chi connectivity index (χ2v) is 6.02. The molecule has 1 saturated carbocycles. The highest BCUT2D eigenvalue weighted by Gasteiger charge is 2.30. The number of halogens is 2. The van der Waals surface area contributed by atoms with Crippen LogP contribution in [0.15, 0.2) is 18.2 Å². The number of ether oxygens (including phenoxy) is 1. The first-order chi connectivity index (χ1) is 10.1. The Morgan fingerprint density at radius 3 is 2.86 bits per heavy atom. The Morgan fingerprint density at radius 2 is 2.19 bits per heavy atom. The molecule has 2 atom stereocenters. The van der Waals surface area contributed by atoms with Gasteiger partial charge in [0, 0.05) is 11.6 Å². The number of nitrogens with one attached hydrogen (secondary N) is 1. The fraction of sp³-hybridized carbons (Fsp3) is 0.533. The Kier molecular flexibility index (Phi) is 6.15. The average molecular weight is 332 g/mol. The van der Waals surface area contributed by atoms with Gasteiger partial charge in [-0.05, 0) is 43.9 Å². The molecule has 1 aliphatic rings. The number of aliphatic hydroxyl groups excluding tert-OH is 1. The van der Waals surface area contributed by atoms with Crippen LogP contribution in [0.3, 0.4) is 0 Å². The molecule has 21 heavy (non-hydrogen) atoms. The molecule has 116 valence electrons. The van der Waals surface area contributed by atoms with Crippen LogP contribution in [-0.4, -0.2) is 30.3 Å². The second-order valence-electron chi connectivity index (χ2n) is 5.17. The lowest BCUT2D eigenvalue weighted by Crippen LogP contribution is -2.35. The summed E-state index contributed by atoms with van der Waals surface area (Å²) in [6.07, 6.45) is 2.58. The summed E-state index contributed by atoms with van der Waals surface area (Å²) in [5.41, 5.74) is 0. The van der Waals surface area contributed by atoms with Crippen LogP contribution in [0.5, 0.6) is 5.75 Å². The summed E-state index contributed by atoms with van der Waals surface area (Å²) >= 11 is 11.8. The van der Waals surface area contributed by atoms with E-state index in [1.165, 1.54) is 0 Å². The van der Waals surface area contributed by atoms with Crippen molar-refractivity contribution in [2.45, 2.75) is 31.8 Å². The molecule has 0 saturated heterocycles. The van der Waals surface area contributed by atoms with Gasteiger partial charge in [0.25, 0.3) is 0 Å². The third-order valence-corrected chi connectivity index (χ3v) is 4.12. The molecule has 1 aliphatic carbocycles. The van der Waals surface area contributed by atoms with Gasteiger partial charge in [0.2, 0.25) is 5.91 Å². The van der Waals surface area contributed by atoms with E-state index in [-0.39, 0.29) is 11.8 Å². The molecule has 1 aromatic rings. The topological polar surface area (TPSA) is 58.6 Å². The van der Waals surface area contributed by atoms with Crippen LogP contribution >= 0.6 is 23.2 Å². The van der Waals surface area contributed by atoms with Crippen molar-refractivity contribution in [1.82, 2.24) is 5.32 Å². The van der Waals surface area contributed by atoms with Crippen LogP contribution in [0.4, 0.5) is 0 Å². The number of aliphatic hydroxyl groups is 1. The normalized spacial score (nSPS) is 21.3. The Labute approximate surface area is 134 Å². The molecule has 6 heteroatoms. The number of hydrogen-bond acceptors (Lipinski definition) is 3. The molecule has 0 bridgehead atoms. The van der Waals surface area contributed by atoms with E-state index in [4.69, 9.17) is 27.9 Å². The fourth-order valence-corrected chi connectivity index (χ4v) is 2.90. The van der Waals surface area contributed by atoms with E-state index in [9.17, 15) is 9.90 Å². The summed E-state index contributed by atoms with van der Waals surface area (Å²) < 4.78 is 5.53. The van der Waals surface area contributed by atoms with E-state index in [2.05, 4.69) is 5.32 Å². The van der Waals surface area contributed by atoms with Gasteiger partial charge in [0.1, 0.15) is 5.75 Å². The first-order valence-corrected chi connectivity index (χ1v) is 7.87. The highest BCUT2D eigenvalue weighted by atomic mass is 35.5. The van der Waals surface area contributed by atoms with Gasteiger partial charge in [-0.1, -0.05) is 23.2 Å². The summed E-state index contributed by atoms with van der Waals surface area (Å²) in [5.74, 6) is 0.264. The van der Waals surface area contributed by atoms with Crippen molar-refractivity contribution >= 4 is 29.1 Å². The summed E-state index contributed by atoms with van der Waals surface area (Å²) in [7, 11) is 0. The van der Waals surface area contributed by atoms with E-state index in [0.29, 0.717) is 35.4 Å². The molecule has 1 fully saturated rings. The number of hydrogen-bond donors (Lipinski definition) is 2. The van der Waals surface area contributed by atoms with Crippen molar-refractivity contribution in [2.75, 3.05) is 13.2 Å². The van der Waals surface area contributed by atoms with Crippen LogP contribution in [-0.2, 0) is 4.79 Å². The van der Waals surface area contributed by atoms with Crippen LogP contribution in [0, 0.1) is 5.92 Å². The van der Waals surface area contributed by atoms with E-state index in [1.807, 2.05) is 0 Å². The zero-order valence-corrected chi connectivity index (χ0v) is 13.2. The minimum Gasteiger partial charge on any atom is -0.492 e. The molecule has 2 N–H and O–H groups in total. The predicted octanol–water partition coefficient (Wildman–Crippen LogP) is 3.04. The summed E-state index contributed by atoms with van der Waals surface area (Å²) in [5, 5.41) is 13.5. The van der Waals surface area contributed by atoms with Crippen LogP contribution < -0.4 is 10.1 Å². The van der Waals surface area contributed by atoms with Crippen LogP contribution in [0.25, 0.3) is 0 Å². The maximum atomic E-state index is 11.8. The second kappa shape index (κ2) is 7.87. The minimum absolute atomic E-state index is 0.0653. The highest BCUT2D eigenvalue weighted by molar-refractivity contribution is 6.35. The van der Waals surface area contributed by atoms with Crippen molar-refractivity contribution in [3.8, 4) is 5.75 Å². The molecule has 2 rings (SSSR count). The molecular weight excluding hydrogens is 313 g/mol. The zero-order chi connectivity index (χ0) is 15.2. The molecule has 4 nitrogen and oxygen atoms in total. The molecule has 0 aromatic heterocycles. The quantitative estimate of drug-likeness (QED) is 0.787. The number of amides is 1. The Hall–Kier alpha value is -0.970. The van der Waals surface area contributed by atoms with Crippen molar-refractivity contribution < 1.29 is 14.6 Å². The fourth-order valence-electron chi connectivity index (χ4n) is 2.44. The number of rotatable bonds is 6. The number of benzene rings is 1. The maximum absolute atomic E-state index is 11.8. The molecule has 1 amide bonds. The lowest BCUT2D eigenvalue weighted by atomic mass is 10.1. The molecule has 0 radical (unpaired) electrons. The van der Waals surface area contributed by atoms with Crippen molar-refractivity contribution in [2.24, 2.45) is 5.92 Å². The molecule has 0 spiro atoms. The van der Waals surface area contributed by atoms with Gasteiger partial charge in [-0.15, -0.1) is 0 Å². The van der Waals surface area contributed by atoms with E-state index in [0.717, 1.165) is 19.3 Å². The van der Waals surface area contributed by atoms with Crippen molar-refractivity contribution in [3.05, 3.63) is 28.2 Å². The van der Waals surface area contributed by atoms with Crippen LogP contribution in [0.2, 0.25) is 10.0 Å². The van der Waals surface area contributed by atoms with Gasteiger partial charge >= 0.3 is 0 Å². The van der Waals surface area contributed by atoms with E-state index < -0.39 is 6.10 Å². The standard InChI is InChI=1S/C15H19Cl2NO3/c16-10-5-6-14(12(17)9-10)21-8-2-7-18-15(20)11-3-1-4-13(11)19/h5-6,9,11,13,19H,1-4,7-8H2,(H,18,20). The summed E-state index contributed by atoms with van der Waals surface area (Å²) in [4.78, 5) is 11.8. The third kappa shape index (κ3) is 4.77. The van der Waals surface area contributed by atoms with E-state index >= 15 is 0 Å². The monoisotopic (exact) mass is 331 g/mol. The number of carbonyl (C=O) groups is 1. The van der Waals surface area contributed by atoms with E-state index in [1.54, 1.807) is 18.2 Å². The average Bonchev–Trinajstić information content (AvgIpc) is 2.86. The Balaban J connectivity index is 1.65.